The van der Waals surface area contributed by atoms with Gasteiger partial charge in [-0.15, -0.1) is 0 Å². The second-order valence-electron chi connectivity index (χ2n) is 5.14. The van der Waals surface area contributed by atoms with Crippen LogP contribution in [0.25, 0.3) is 0 Å². The van der Waals surface area contributed by atoms with Gasteiger partial charge in [0.15, 0.2) is 0 Å². The van der Waals surface area contributed by atoms with Crippen LogP contribution in [0.3, 0.4) is 0 Å². The summed E-state index contributed by atoms with van der Waals surface area (Å²) in [5.41, 5.74) is 3.45. The minimum Gasteiger partial charge on any atom is -0.480 e. The average molecular weight is 263 g/mol. The third-order valence-electron chi connectivity index (χ3n) is 3.69. The van der Waals surface area contributed by atoms with Gasteiger partial charge in [-0.1, -0.05) is 23.8 Å². The SMILES string of the molecule is Cc1ccc(C)c(C[C@@H](C(=O)O)N2CCOCC2)c1. The van der Waals surface area contributed by atoms with Crippen LogP contribution in [0.1, 0.15) is 16.7 Å². The van der Waals surface area contributed by atoms with Gasteiger partial charge in [0.1, 0.15) is 6.04 Å². The lowest BCUT2D eigenvalue weighted by molar-refractivity contribution is -0.145. The van der Waals surface area contributed by atoms with E-state index in [1.165, 1.54) is 5.56 Å². The van der Waals surface area contributed by atoms with E-state index in [0.717, 1.165) is 11.1 Å². The van der Waals surface area contributed by atoms with Crippen LogP contribution in [0, 0.1) is 13.8 Å². The Balaban J connectivity index is 2.15. The molecule has 4 nitrogen and oxygen atoms in total. The van der Waals surface area contributed by atoms with Crippen molar-refractivity contribution in [2.24, 2.45) is 0 Å². The molecule has 0 spiro atoms. The molecular formula is C15H21NO3. The highest BCUT2D eigenvalue weighted by Gasteiger charge is 2.27. The number of hydrogen-bond donors (Lipinski definition) is 1. The molecule has 1 saturated heterocycles. The minimum absolute atomic E-state index is 0.454. The van der Waals surface area contributed by atoms with Gasteiger partial charge in [-0.05, 0) is 31.4 Å². The minimum atomic E-state index is -0.747. The highest BCUT2D eigenvalue weighted by Crippen LogP contribution is 2.16. The first-order chi connectivity index (χ1) is 9.08. The lowest BCUT2D eigenvalue weighted by atomic mass is 9.98. The predicted molar refractivity (Wildman–Crippen MR) is 73.4 cm³/mol. The Morgan fingerprint density at radius 1 is 1.37 bits per heavy atom. The first-order valence-electron chi connectivity index (χ1n) is 6.68. The number of hydrogen-bond acceptors (Lipinski definition) is 3. The van der Waals surface area contributed by atoms with E-state index in [9.17, 15) is 9.90 Å². The summed E-state index contributed by atoms with van der Waals surface area (Å²) < 4.78 is 5.29. The van der Waals surface area contributed by atoms with Crippen LogP contribution in [0.4, 0.5) is 0 Å². The van der Waals surface area contributed by atoms with Crippen LogP contribution in [0.5, 0.6) is 0 Å². The van der Waals surface area contributed by atoms with Crippen molar-refractivity contribution in [3.8, 4) is 0 Å². The molecule has 1 atom stereocenters. The predicted octanol–water partition coefficient (Wildman–Crippen LogP) is 1.63. The van der Waals surface area contributed by atoms with Crippen molar-refractivity contribution in [1.29, 1.82) is 0 Å². The monoisotopic (exact) mass is 263 g/mol. The van der Waals surface area contributed by atoms with Crippen LogP contribution >= 0.6 is 0 Å². The second kappa shape index (κ2) is 6.17. The molecule has 1 aliphatic rings. The van der Waals surface area contributed by atoms with Crippen molar-refractivity contribution in [3.63, 3.8) is 0 Å². The van der Waals surface area contributed by atoms with E-state index in [4.69, 9.17) is 4.74 Å². The van der Waals surface area contributed by atoms with Crippen LogP contribution in [-0.2, 0) is 16.0 Å². The summed E-state index contributed by atoms with van der Waals surface area (Å²) in [7, 11) is 0. The molecule has 0 amide bonds. The zero-order valence-electron chi connectivity index (χ0n) is 11.6. The van der Waals surface area contributed by atoms with Crippen molar-refractivity contribution < 1.29 is 14.6 Å². The normalized spacial score (nSPS) is 18.2. The quantitative estimate of drug-likeness (QED) is 0.897. The summed E-state index contributed by atoms with van der Waals surface area (Å²) in [5, 5.41) is 9.46. The Morgan fingerprint density at radius 3 is 2.68 bits per heavy atom. The molecule has 1 aliphatic heterocycles. The summed E-state index contributed by atoms with van der Waals surface area (Å²) in [5.74, 6) is -0.747. The molecule has 0 saturated carbocycles. The highest BCUT2D eigenvalue weighted by atomic mass is 16.5. The van der Waals surface area contributed by atoms with Crippen molar-refractivity contribution in [2.75, 3.05) is 26.3 Å². The number of nitrogens with zero attached hydrogens (tertiary/aromatic N) is 1. The Labute approximate surface area is 114 Å². The topological polar surface area (TPSA) is 49.8 Å². The summed E-state index contributed by atoms with van der Waals surface area (Å²) in [6.07, 6.45) is 0.558. The molecule has 1 aromatic rings. The van der Waals surface area contributed by atoms with Crippen molar-refractivity contribution >= 4 is 5.97 Å². The molecule has 4 heteroatoms. The molecule has 104 valence electrons. The number of carboxylic acids is 1. The zero-order valence-corrected chi connectivity index (χ0v) is 11.6. The molecule has 1 heterocycles. The first kappa shape index (κ1) is 14.0. The fourth-order valence-corrected chi connectivity index (χ4v) is 2.49. The molecule has 0 bridgehead atoms. The third-order valence-corrected chi connectivity index (χ3v) is 3.69. The summed E-state index contributed by atoms with van der Waals surface area (Å²) >= 11 is 0. The van der Waals surface area contributed by atoms with Crippen molar-refractivity contribution in [2.45, 2.75) is 26.3 Å². The zero-order chi connectivity index (χ0) is 13.8. The van der Waals surface area contributed by atoms with Gasteiger partial charge in [0.25, 0.3) is 0 Å². The van der Waals surface area contributed by atoms with E-state index in [2.05, 4.69) is 18.2 Å². The number of rotatable bonds is 4. The van der Waals surface area contributed by atoms with Gasteiger partial charge in [0, 0.05) is 13.1 Å². The molecule has 1 fully saturated rings. The average Bonchev–Trinajstić information content (AvgIpc) is 2.40. The molecule has 0 unspecified atom stereocenters. The maximum absolute atomic E-state index is 11.5. The number of carboxylic acid groups (broad SMARTS) is 1. The van der Waals surface area contributed by atoms with Crippen molar-refractivity contribution in [3.05, 3.63) is 34.9 Å². The maximum Gasteiger partial charge on any atom is 0.321 e. The van der Waals surface area contributed by atoms with E-state index in [1.54, 1.807) is 0 Å². The van der Waals surface area contributed by atoms with E-state index < -0.39 is 12.0 Å². The van der Waals surface area contributed by atoms with Crippen LogP contribution in [-0.4, -0.2) is 48.3 Å². The first-order valence-corrected chi connectivity index (χ1v) is 6.68. The number of aliphatic carboxylic acids is 1. The highest BCUT2D eigenvalue weighted by molar-refractivity contribution is 5.74. The summed E-state index contributed by atoms with van der Waals surface area (Å²) in [4.78, 5) is 13.5. The molecule has 19 heavy (non-hydrogen) atoms. The standard InChI is InChI=1S/C15H21NO3/c1-11-3-4-12(2)13(9-11)10-14(15(17)18)16-5-7-19-8-6-16/h3-4,9,14H,5-8,10H2,1-2H3,(H,17,18)/t14-/m0/s1. The number of benzene rings is 1. The van der Waals surface area contributed by atoms with Gasteiger partial charge in [0.05, 0.1) is 13.2 Å². The number of aryl methyl sites for hydroxylation is 2. The Morgan fingerprint density at radius 2 is 2.05 bits per heavy atom. The van der Waals surface area contributed by atoms with E-state index in [0.29, 0.717) is 32.7 Å². The molecule has 0 aromatic heterocycles. The van der Waals surface area contributed by atoms with E-state index in [-0.39, 0.29) is 0 Å². The summed E-state index contributed by atoms with van der Waals surface area (Å²) in [6, 6.07) is 5.75. The van der Waals surface area contributed by atoms with Gasteiger partial charge in [-0.2, -0.15) is 0 Å². The fraction of sp³-hybridized carbons (Fsp3) is 0.533. The number of morpholine rings is 1. The molecular weight excluding hydrogens is 242 g/mol. The smallest absolute Gasteiger partial charge is 0.321 e. The largest absolute Gasteiger partial charge is 0.480 e. The summed E-state index contributed by atoms with van der Waals surface area (Å²) in [6.45, 7) is 6.71. The molecule has 0 radical (unpaired) electrons. The Kier molecular flexibility index (Phi) is 4.56. The van der Waals surface area contributed by atoms with E-state index >= 15 is 0 Å². The molecule has 2 rings (SSSR count). The van der Waals surface area contributed by atoms with Crippen LogP contribution < -0.4 is 0 Å². The van der Waals surface area contributed by atoms with Gasteiger partial charge < -0.3 is 9.84 Å². The molecule has 1 aromatic carbocycles. The number of carbonyl (C=O) groups is 1. The lowest BCUT2D eigenvalue weighted by Crippen LogP contribution is -2.48. The van der Waals surface area contributed by atoms with Gasteiger partial charge in [-0.25, -0.2) is 0 Å². The van der Waals surface area contributed by atoms with Gasteiger partial charge in [0.2, 0.25) is 0 Å². The lowest BCUT2D eigenvalue weighted by Gasteiger charge is -2.32. The Bertz CT molecular complexity index is 453. The third kappa shape index (κ3) is 3.55. The Hall–Kier alpha value is -1.39. The number of ether oxygens (including phenoxy) is 1. The second-order valence-corrected chi connectivity index (χ2v) is 5.14. The fourth-order valence-electron chi connectivity index (χ4n) is 2.49. The van der Waals surface area contributed by atoms with Gasteiger partial charge in [-0.3, -0.25) is 9.69 Å². The van der Waals surface area contributed by atoms with Crippen LogP contribution in [0.15, 0.2) is 18.2 Å². The molecule has 0 aliphatic carbocycles. The van der Waals surface area contributed by atoms with Gasteiger partial charge >= 0.3 is 5.97 Å². The van der Waals surface area contributed by atoms with E-state index in [1.807, 2.05) is 18.7 Å². The molecule has 1 N–H and O–H groups in total. The van der Waals surface area contributed by atoms with Crippen LogP contribution in [0.2, 0.25) is 0 Å². The van der Waals surface area contributed by atoms with Crippen molar-refractivity contribution in [1.82, 2.24) is 4.90 Å². The maximum atomic E-state index is 11.5.